The first-order valence-electron chi connectivity index (χ1n) is 8.72. The van der Waals surface area contributed by atoms with Crippen LogP contribution in [0.2, 0.25) is 0 Å². The maximum atomic E-state index is 12.4. The van der Waals surface area contributed by atoms with Crippen LogP contribution in [0, 0.1) is 5.41 Å². The topological polar surface area (TPSA) is 128 Å². The lowest BCUT2D eigenvalue weighted by Crippen LogP contribution is -2.18. The summed E-state index contributed by atoms with van der Waals surface area (Å²) in [5.41, 5.74) is 13.0. The van der Waals surface area contributed by atoms with E-state index in [1.54, 1.807) is 18.2 Å². The first-order valence-corrected chi connectivity index (χ1v) is 8.72. The lowest BCUT2D eigenvalue weighted by atomic mass is 10.1. The van der Waals surface area contributed by atoms with Crippen molar-refractivity contribution in [2.45, 2.75) is 6.61 Å². The lowest BCUT2D eigenvalue weighted by molar-refractivity contribution is 0.0472. The number of anilines is 1. The number of para-hydroxylation sites is 1. The molecule has 0 saturated heterocycles. The van der Waals surface area contributed by atoms with E-state index in [0.717, 1.165) is 5.56 Å². The van der Waals surface area contributed by atoms with Gasteiger partial charge in [0.05, 0.1) is 16.7 Å². The lowest BCUT2D eigenvalue weighted by Gasteiger charge is -2.12. The fourth-order valence-electron chi connectivity index (χ4n) is 2.60. The Bertz CT molecular complexity index is 1060. The number of nitrogens with one attached hydrogen (secondary N) is 1. The van der Waals surface area contributed by atoms with Crippen molar-refractivity contribution in [1.29, 1.82) is 5.41 Å². The number of nitrogen functional groups attached to an aromatic ring is 2. The molecule has 0 spiro atoms. The molecule has 0 radical (unpaired) electrons. The van der Waals surface area contributed by atoms with Crippen molar-refractivity contribution in [3.8, 4) is 5.75 Å². The molecule has 7 heteroatoms. The SMILES string of the molecule is N=C(N)c1cc(C(=O)OCc2ccccc2)ccc1OC(=O)c1ccccc1N. The fraction of sp³-hybridized carbons (Fsp3) is 0.0455. The highest BCUT2D eigenvalue weighted by atomic mass is 16.5. The molecule has 0 unspecified atom stereocenters. The van der Waals surface area contributed by atoms with E-state index in [1.807, 2.05) is 30.3 Å². The quantitative estimate of drug-likeness (QED) is 0.195. The molecule has 0 aliphatic rings. The minimum Gasteiger partial charge on any atom is -0.457 e. The highest BCUT2D eigenvalue weighted by molar-refractivity contribution is 6.03. The van der Waals surface area contributed by atoms with Crippen molar-refractivity contribution >= 4 is 23.5 Å². The molecule has 7 nitrogen and oxygen atoms in total. The Morgan fingerprint density at radius 3 is 2.24 bits per heavy atom. The van der Waals surface area contributed by atoms with E-state index in [9.17, 15) is 9.59 Å². The van der Waals surface area contributed by atoms with E-state index in [0.29, 0.717) is 0 Å². The van der Waals surface area contributed by atoms with Gasteiger partial charge in [-0.2, -0.15) is 0 Å². The summed E-state index contributed by atoms with van der Waals surface area (Å²) in [5.74, 6) is -1.58. The molecule has 0 fully saturated rings. The van der Waals surface area contributed by atoms with E-state index in [4.69, 9.17) is 26.4 Å². The average molecular weight is 389 g/mol. The average Bonchev–Trinajstić information content (AvgIpc) is 2.73. The maximum absolute atomic E-state index is 12.4. The maximum Gasteiger partial charge on any atom is 0.345 e. The van der Waals surface area contributed by atoms with E-state index >= 15 is 0 Å². The zero-order chi connectivity index (χ0) is 20.8. The summed E-state index contributed by atoms with van der Waals surface area (Å²) in [5, 5.41) is 7.75. The molecule has 0 aliphatic heterocycles. The van der Waals surface area contributed by atoms with Gasteiger partial charge >= 0.3 is 11.9 Å². The van der Waals surface area contributed by atoms with Gasteiger partial charge in [0.1, 0.15) is 18.2 Å². The van der Waals surface area contributed by atoms with Crippen LogP contribution in [0.1, 0.15) is 31.8 Å². The van der Waals surface area contributed by atoms with Crippen LogP contribution in [0.25, 0.3) is 0 Å². The van der Waals surface area contributed by atoms with Crippen LogP contribution >= 0.6 is 0 Å². The third-order valence-electron chi connectivity index (χ3n) is 4.10. The minimum absolute atomic E-state index is 0.0466. The largest absolute Gasteiger partial charge is 0.457 e. The Morgan fingerprint density at radius 1 is 0.862 bits per heavy atom. The molecule has 3 aromatic rings. The number of ether oxygens (including phenoxy) is 2. The second-order valence-electron chi connectivity index (χ2n) is 6.16. The van der Waals surface area contributed by atoms with Gasteiger partial charge in [-0.1, -0.05) is 42.5 Å². The first kappa shape index (κ1) is 19.6. The fourth-order valence-corrected chi connectivity index (χ4v) is 2.60. The van der Waals surface area contributed by atoms with Gasteiger partial charge < -0.3 is 20.9 Å². The van der Waals surface area contributed by atoms with E-state index in [2.05, 4.69) is 0 Å². The molecular formula is C22H19N3O4. The van der Waals surface area contributed by atoms with Gasteiger partial charge in [-0.25, -0.2) is 9.59 Å². The highest BCUT2D eigenvalue weighted by Crippen LogP contribution is 2.23. The second-order valence-corrected chi connectivity index (χ2v) is 6.16. The number of nitrogens with two attached hydrogens (primary N) is 2. The van der Waals surface area contributed by atoms with Gasteiger partial charge in [0.25, 0.3) is 0 Å². The third-order valence-corrected chi connectivity index (χ3v) is 4.10. The smallest absolute Gasteiger partial charge is 0.345 e. The van der Waals surface area contributed by atoms with Crippen LogP contribution in [0.4, 0.5) is 5.69 Å². The Labute approximate surface area is 167 Å². The predicted molar refractivity (Wildman–Crippen MR) is 109 cm³/mol. The summed E-state index contributed by atoms with van der Waals surface area (Å²) < 4.78 is 10.6. The van der Waals surface area contributed by atoms with Crippen molar-refractivity contribution in [3.05, 3.63) is 95.1 Å². The van der Waals surface area contributed by atoms with E-state index in [1.165, 1.54) is 24.3 Å². The number of esters is 2. The summed E-state index contributed by atoms with van der Waals surface area (Å²) in [6.07, 6.45) is 0. The summed E-state index contributed by atoms with van der Waals surface area (Å²) >= 11 is 0. The summed E-state index contributed by atoms with van der Waals surface area (Å²) in [6, 6.07) is 19.9. The van der Waals surface area contributed by atoms with Crippen molar-refractivity contribution in [2.24, 2.45) is 5.73 Å². The first-order chi connectivity index (χ1) is 14.0. The zero-order valence-corrected chi connectivity index (χ0v) is 15.4. The molecule has 0 aliphatic carbocycles. The molecular weight excluding hydrogens is 370 g/mol. The van der Waals surface area contributed by atoms with Crippen LogP contribution in [0.3, 0.4) is 0 Å². The molecule has 3 aromatic carbocycles. The van der Waals surface area contributed by atoms with E-state index in [-0.39, 0.29) is 40.6 Å². The van der Waals surface area contributed by atoms with Crippen LogP contribution in [-0.4, -0.2) is 17.8 Å². The standard InChI is InChI=1S/C22H19N3O4/c23-18-9-5-4-8-16(18)22(27)29-19-11-10-15(12-17(19)20(24)25)21(26)28-13-14-6-2-1-3-7-14/h1-12H,13,23H2,(H3,24,25). The normalized spacial score (nSPS) is 10.2. The third kappa shape index (κ3) is 4.78. The van der Waals surface area contributed by atoms with Crippen LogP contribution in [0.5, 0.6) is 5.75 Å². The molecule has 0 saturated carbocycles. The molecule has 0 aromatic heterocycles. The number of hydrogen-bond donors (Lipinski definition) is 3. The highest BCUT2D eigenvalue weighted by Gasteiger charge is 2.18. The summed E-state index contributed by atoms with van der Waals surface area (Å²) in [6.45, 7) is 0.110. The molecule has 0 atom stereocenters. The summed E-state index contributed by atoms with van der Waals surface area (Å²) in [4.78, 5) is 24.7. The van der Waals surface area contributed by atoms with Gasteiger partial charge in [-0.15, -0.1) is 0 Å². The van der Waals surface area contributed by atoms with Gasteiger partial charge in [0.15, 0.2) is 0 Å². The van der Waals surface area contributed by atoms with Gasteiger partial charge in [-0.05, 0) is 35.9 Å². The van der Waals surface area contributed by atoms with Gasteiger partial charge in [-0.3, -0.25) is 5.41 Å². The number of carbonyl (C=O) groups excluding carboxylic acids is 2. The molecule has 3 rings (SSSR count). The van der Waals surface area contributed by atoms with Gasteiger partial charge in [0, 0.05) is 5.69 Å². The summed E-state index contributed by atoms with van der Waals surface area (Å²) in [7, 11) is 0. The van der Waals surface area contributed by atoms with E-state index < -0.39 is 11.9 Å². The Morgan fingerprint density at radius 2 is 1.55 bits per heavy atom. The monoisotopic (exact) mass is 389 g/mol. The molecule has 29 heavy (non-hydrogen) atoms. The molecule has 0 bridgehead atoms. The Kier molecular flexibility index (Phi) is 5.89. The van der Waals surface area contributed by atoms with Crippen molar-refractivity contribution < 1.29 is 19.1 Å². The number of carbonyl (C=O) groups is 2. The molecule has 0 heterocycles. The van der Waals surface area contributed by atoms with Crippen molar-refractivity contribution in [2.75, 3.05) is 5.73 Å². The Hall–Kier alpha value is -4.13. The van der Waals surface area contributed by atoms with Gasteiger partial charge in [0.2, 0.25) is 0 Å². The van der Waals surface area contributed by atoms with Crippen LogP contribution < -0.4 is 16.2 Å². The Balaban J connectivity index is 1.78. The van der Waals surface area contributed by atoms with Crippen molar-refractivity contribution in [3.63, 3.8) is 0 Å². The van der Waals surface area contributed by atoms with Crippen LogP contribution in [0.15, 0.2) is 72.8 Å². The second kappa shape index (κ2) is 8.71. The minimum atomic E-state index is -0.690. The number of hydrogen-bond acceptors (Lipinski definition) is 6. The number of benzene rings is 3. The molecule has 146 valence electrons. The molecule has 0 amide bonds. The predicted octanol–water partition coefficient (Wildman–Crippen LogP) is 3.13. The van der Waals surface area contributed by atoms with Crippen molar-refractivity contribution in [1.82, 2.24) is 0 Å². The molecule has 5 N–H and O–H groups in total. The number of rotatable bonds is 6. The number of amidine groups is 1. The zero-order valence-electron chi connectivity index (χ0n) is 15.4. The van der Waals surface area contributed by atoms with Crippen LogP contribution in [-0.2, 0) is 11.3 Å².